The van der Waals surface area contributed by atoms with Gasteiger partial charge in [-0.05, 0) is 91.5 Å². The Balaban J connectivity index is 1.65. The SMILES string of the molecule is Clc1ccc(NCc2cc(Br)c(OCc3ccc(Br)cc3)c(Br)c2)cc1. The van der Waals surface area contributed by atoms with Crippen LogP contribution in [-0.4, -0.2) is 0 Å². The van der Waals surface area contributed by atoms with Gasteiger partial charge in [-0.2, -0.15) is 0 Å². The lowest BCUT2D eigenvalue weighted by Crippen LogP contribution is -2.01. The number of halogens is 4. The van der Waals surface area contributed by atoms with Crippen molar-refractivity contribution in [3.63, 3.8) is 0 Å². The molecule has 0 saturated carbocycles. The predicted molar refractivity (Wildman–Crippen MR) is 119 cm³/mol. The van der Waals surface area contributed by atoms with Crippen molar-refractivity contribution in [1.82, 2.24) is 0 Å². The lowest BCUT2D eigenvalue weighted by Gasteiger charge is -2.13. The van der Waals surface area contributed by atoms with Crippen LogP contribution in [0.25, 0.3) is 0 Å². The Bertz CT molecular complexity index is 860. The van der Waals surface area contributed by atoms with Gasteiger partial charge in [0.1, 0.15) is 12.4 Å². The Kier molecular flexibility index (Phi) is 7.04. The molecule has 0 spiro atoms. The Morgan fingerprint density at radius 2 is 1.42 bits per heavy atom. The van der Waals surface area contributed by atoms with E-state index in [1.165, 1.54) is 0 Å². The second kappa shape index (κ2) is 9.27. The zero-order chi connectivity index (χ0) is 18.5. The van der Waals surface area contributed by atoms with Crippen molar-refractivity contribution in [2.75, 3.05) is 5.32 Å². The van der Waals surface area contributed by atoms with Crippen molar-refractivity contribution >= 4 is 65.1 Å². The molecule has 6 heteroatoms. The van der Waals surface area contributed by atoms with Crippen molar-refractivity contribution < 1.29 is 4.74 Å². The molecule has 134 valence electrons. The first kappa shape index (κ1) is 19.7. The highest BCUT2D eigenvalue weighted by molar-refractivity contribution is 9.11. The zero-order valence-electron chi connectivity index (χ0n) is 13.6. The van der Waals surface area contributed by atoms with Crippen LogP contribution >= 0.6 is 59.4 Å². The van der Waals surface area contributed by atoms with Gasteiger partial charge in [-0.25, -0.2) is 0 Å². The molecule has 3 rings (SSSR count). The number of hydrogen-bond acceptors (Lipinski definition) is 2. The number of anilines is 1. The molecule has 0 atom stereocenters. The number of ether oxygens (including phenoxy) is 1. The third kappa shape index (κ3) is 5.49. The molecular formula is C20H15Br3ClNO. The third-order valence-electron chi connectivity index (χ3n) is 3.70. The van der Waals surface area contributed by atoms with E-state index in [0.717, 1.165) is 41.0 Å². The van der Waals surface area contributed by atoms with E-state index < -0.39 is 0 Å². The highest BCUT2D eigenvalue weighted by Gasteiger charge is 2.10. The van der Waals surface area contributed by atoms with Crippen LogP contribution in [0.2, 0.25) is 5.02 Å². The molecule has 0 saturated heterocycles. The summed E-state index contributed by atoms with van der Waals surface area (Å²) >= 11 is 16.6. The molecule has 0 aliphatic carbocycles. The van der Waals surface area contributed by atoms with E-state index in [1.54, 1.807) is 0 Å². The third-order valence-corrected chi connectivity index (χ3v) is 5.65. The van der Waals surface area contributed by atoms with Crippen LogP contribution in [-0.2, 0) is 13.2 Å². The standard InChI is InChI=1S/C20H15Br3ClNO/c21-15-3-1-13(2-4-15)12-26-20-18(22)9-14(10-19(20)23)11-25-17-7-5-16(24)6-8-17/h1-10,25H,11-12H2. The minimum atomic E-state index is 0.507. The molecular weight excluding hydrogens is 545 g/mol. The summed E-state index contributed by atoms with van der Waals surface area (Å²) in [4.78, 5) is 0. The maximum absolute atomic E-state index is 5.98. The van der Waals surface area contributed by atoms with Gasteiger partial charge in [0.2, 0.25) is 0 Å². The monoisotopic (exact) mass is 557 g/mol. The van der Waals surface area contributed by atoms with Gasteiger partial charge >= 0.3 is 0 Å². The zero-order valence-corrected chi connectivity index (χ0v) is 19.1. The molecule has 3 aromatic carbocycles. The molecule has 0 radical (unpaired) electrons. The molecule has 0 amide bonds. The van der Waals surface area contributed by atoms with Gasteiger partial charge in [0, 0.05) is 21.7 Å². The van der Waals surface area contributed by atoms with Crippen LogP contribution in [0, 0.1) is 0 Å². The summed E-state index contributed by atoms with van der Waals surface area (Å²) in [6, 6.07) is 19.9. The van der Waals surface area contributed by atoms with Crippen LogP contribution in [0.4, 0.5) is 5.69 Å². The van der Waals surface area contributed by atoms with Crippen molar-refractivity contribution in [1.29, 1.82) is 0 Å². The summed E-state index contributed by atoms with van der Waals surface area (Å²) in [6.45, 7) is 1.21. The lowest BCUT2D eigenvalue weighted by molar-refractivity contribution is 0.302. The number of benzene rings is 3. The predicted octanol–water partition coefficient (Wildman–Crippen LogP) is 7.82. The quantitative estimate of drug-likeness (QED) is 0.332. The smallest absolute Gasteiger partial charge is 0.148 e. The first-order valence-corrected chi connectivity index (χ1v) is 10.6. The van der Waals surface area contributed by atoms with Crippen LogP contribution in [0.1, 0.15) is 11.1 Å². The summed E-state index contributed by atoms with van der Waals surface area (Å²) in [5.74, 6) is 0.795. The summed E-state index contributed by atoms with van der Waals surface area (Å²) in [5, 5.41) is 4.11. The molecule has 26 heavy (non-hydrogen) atoms. The van der Waals surface area contributed by atoms with Crippen LogP contribution < -0.4 is 10.1 Å². The van der Waals surface area contributed by atoms with E-state index in [9.17, 15) is 0 Å². The second-order valence-electron chi connectivity index (χ2n) is 5.66. The van der Waals surface area contributed by atoms with E-state index in [2.05, 4.69) is 65.2 Å². The summed E-state index contributed by atoms with van der Waals surface area (Å²) in [6.07, 6.45) is 0. The van der Waals surface area contributed by atoms with Gasteiger partial charge in [-0.15, -0.1) is 0 Å². The van der Waals surface area contributed by atoms with Crippen molar-refractivity contribution in [2.45, 2.75) is 13.2 Å². The minimum Gasteiger partial charge on any atom is -0.487 e. The van der Waals surface area contributed by atoms with Gasteiger partial charge < -0.3 is 10.1 Å². The first-order valence-electron chi connectivity index (χ1n) is 7.86. The molecule has 1 N–H and O–H groups in total. The summed E-state index contributed by atoms with van der Waals surface area (Å²) in [5.41, 5.74) is 3.27. The summed E-state index contributed by atoms with van der Waals surface area (Å²) < 4.78 is 8.86. The van der Waals surface area contributed by atoms with Crippen LogP contribution in [0.5, 0.6) is 5.75 Å². The fourth-order valence-corrected chi connectivity index (χ4v) is 4.26. The molecule has 0 aromatic heterocycles. The molecule has 0 aliphatic rings. The fourth-order valence-electron chi connectivity index (χ4n) is 2.36. The Morgan fingerprint density at radius 1 is 0.808 bits per heavy atom. The molecule has 2 nitrogen and oxygen atoms in total. The summed E-state index contributed by atoms with van der Waals surface area (Å²) in [7, 11) is 0. The molecule has 0 heterocycles. The molecule has 0 bridgehead atoms. The highest BCUT2D eigenvalue weighted by atomic mass is 79.9. The normalized spacial score (nSPS) is 10.6. The average Bonchev–Trinajstić information content (AvgIpc) is 2.62. The average molecular weight is 561 g/mol. The van der Waals surface area contributed by atoms with E-state index in [1.807, 2.05) is 48.5 Å². The van der Waals surface area contributed by atoms with Gasteiger partial charge in [0.05, 0.1) is 8.95 Å². The van der Waals surface area contributed by atoms with Crippen LogP contribution in [0.3, 0.4) is 0 Å². The van der Waals surface area contributed by atoms with Gasteiger partial charge in [-0.3, -0.25) is 0 Å². The van der Waals surface area contributed by atoms with Crippen molar-refractivity contribution in [3.05, 3.63) is 90.2 Å². The van der Waals surface area contributed by atoms with E-state index in [0.29, 0.717) is 13.2 Å². The number of hydrogen-bond donors (Lipinski definition) is 1. The molecule has 0 fully saturated rings. The number of nitrogens with one attached hydrogen (secondary N) is 1. The molecule has 3 aromatic rings. The lowest BCUT2D eigenvalue weighted by atomic mass is 10.2. The topological polar surface area (TPSA) is 21.3 Å². The van der Waals surface area contributed by atoms with Crippen molar-refractivity contribution in [3.8, 4) is 5.75 Å². The van der Waals surface area contributed by atoms with E-state index in [-0.39, 0.29) is 0 Å². The van der Waals surface area contributed by atoms with Crippen molar-refractivity contribution in [2.24, 2.45) is 0 Å². The second-order valence-corrected chi connectivity index (χ2v) is 8.72. The highest BCUT2D eigenvalue weighted by Crippen LogP contribution is 2.35. The molecule has 0 unspecified atom stereocenters. The Hall–Kier alpha value is -1.01. The largest absolute Gasteiger partial charge is 0.487 e. The maximum atomic E-state index is 5.98. The fraction of sp³-hybridized carbons (Fsp3) is 0.100. The van der Waals surface area contributed by atoms with Gasteiger partial charge in [0.15, 0.2) is 0 Å². The van der Waals surface area contributed by atoms with Crippen LogP contribution in [0.15, 0.2) is 74.1 Å². The van der Waals surface area contributed by atoms with Gasteiger partial charge in [-0.1, -0.05) is 39.7 Å². The minimum absolute atomic E-state index is 0.507. The first-order chi connectivity index (χ1) is 12.5. The van der Waals surface area contributed by atoms with E-state index >= 15 is 0 Å². The molecule has 0 aliphatic heterocycles. The Morgan fingerprint density at radius 3 is 2.04 bits per heavy atom. The maximum Gasteiger partial charge on any atom is 0.148 e. The number of rotatable bonds is 6. The van der Waals surface area contributed by atoms with E-state index in [4.69, 9.17) is 16.3 Å². The van der Waals surface area contributed by atoms with Gasteiger partial charge in [0.25, 0.3) is 0 Å². The Labute approximate surface area is 183 Å².